The Hall–Kier alpha value is -1.03. The summed E-state index contributed by atoms with van der Waals surface area (Å²) in [5, 5.41) is 0.261. The molecule has 2 atom stereocenters. The molecule has 0 saturated heterocycles. The fourth-order valence-corrected chi connectivity index (χ4v) is 4.39. The van der Waals surface area contributed by atoms with Gasteiger partial charge < -0.3 is 0 Å². The van der Waals surface area contributed by atoms with Gasteiger partial charge in [-0.3, -0.25) is 14.3 Å². The average Bonchev–Trinajstić information content (AvgIpc) is 2.92. The maximum atomic E-state index is 12.9. The number of H-pyrrole nitrogens is 1. The third-order valence-corrected chi connectivity index (χ3v) is 5.46. The number of nitrogens with one attached hydrogen (secondary N) is 1. The molecule has 0 aliphatic heterocycles. The molecule has 1 heterocycles. The Balaban J connectivity index is 2.05. The molecule has 21 heavy (non-hydrogen) atoms. The number of aromatic amines is 1. The van der Waals surface area contributed by atoms with Gasteiger partial charge in [0.2, 0.25) is 0 Å². The summed E-state index contributed by atoms with van der Waals surface area (Å²) < 4.78 is 1.45. The number of halogens is 1. The maximum absolute atomic E-state index is 12.9. The lowest BCUT2D eigenvalue weighted by molar-refractivity contribution is 0.270. The minimum Gasteiger partial charge on any atom is -0.297 e. The van der Waals surface area contributed by atoms with Crippen LogP contribution >= 0.6 is 11.6 Å². The lowest BCUT2D eigenvalue weighted by Gasteiger charge is -2.28. The van der Waals surface area contributed by atoms with Crippen molar-refractivity contribution in [1.29, 1.82) is 0 Å². The molecule has 3 rings (SSSR count). The van der Waals surface area contributed by atoms with E-state index in [1.54, 1.807) is 0 Å². The van der Waals surface area contributed by atoms with E-state index >= 15 is 0 Å². The van der Waals surface area contributed by atoms with Gasteiger partial charge in [0.25, 0.3) is 5.56 Å². The monoisotopic (exact) mass is 310 g/mol. The molecule has 1 aromatic heterocycles. The minimum absolute atomic E-state index is 0.0300. The van der Waals surface area contributed by atoms with E-state index < -0.39 is 0 Å². The second-order valence-corrected chi connectivity index (χ2v) is 7.12. The zero-order chi connectivity index (χ0) is 15.0. The SMILES string of the molecule is CC1CCCC(n2c(=O)[nH]c(Cl)c(C3CCCC3)c2=O)C1. The largest absolute Gasteiger partial charge is 0.329 e. The van der Waals surface area contributed by atoms with E-state index in [-0.39, 0.29) is 28.4 Å². The molecule has 2 unspecified atom stereocenters. The van der Waals surface area contributed by atoms with Gasteiger partial charge in [0.15, 0.2) is 0 Å². The van der Waals surface area contributed by atoms with Crippen molar-refractivity contribution in [1.82, 2.24) is 9.55 Å². The van der Waals surface area contributed by atoms with Gasteiger partial charge >= 0.3 is 5.69 Å². The Morgan fingerprint density at radius 1 is 1.10 bits per heavy atom. The number of rotatable bonds is 2. The van der Waals surface area contributed by atoms with Crippen LogP contribution in [0, 0.1) is 5.92 Å². The van der Waals surface area contributed by atoms with Crippen LogP contribution in [0.25, 0.3) is 0 Å². The summed E-state index contributed by atoms with van der Waals surface area (Å²) in [5.74, 6) is 0.787. The molecule has 2 saturated carbocycles. The molecule has 116 valence electrons. The number of nitrogens with zero attached hydrogens (tertiary/aromatic N) is 1. The maximum Gasteiger partial charge on any atom is 0.329 e. The first kappa shape index (κ1) is 14.9. The van der Waals surface area contributed by atoms with Crippen molar-refractivity contribution in [3.05, 3.63) is 31.6 Å². The third kappa shape index (κ3) is 2.83. The van der Waals surface area contributed by atoms with E-state index in [1.165, 1.54) is 11.0 Å². The van der Waals surface area contributed by atoms with Crippen LogP contribution in [0.5, 0.6) is 0 Å². The molecule has 0 aromatic carbocycles. The van der Waals surface area contributed by atoms with Crippen molar-refractivity contribution in [2.75, 3.05) is 0 Å². The summed E-state index contributed by atoms with van der Waals surface area (Å²) in [6.45, 7) is 2.19. The number of aromatic nitrogens is 2. The summed E-state index contributed by atoms with van der Waals surface area (Å²) in [4.78, 5) is 27.8. The molecule has 1 N–H and O–H groups in total. The van der Waals surface area contributed by atoms with E-state index in [1.807, 2.05) is 0 Å². The Morgan fingerprint density at radius 3 is 2.48 bits per heavy atom. The van der Waals surface area contributed by atoms with Crippen molar-refractivity contribution in [3.8, 4) is 0 Å². The quantitative estimate of drug-likeness (QED) is 0.849. The van der Waals surface area contributed by atoms with Crippen LogP contribution in [0.3, 0.4) is 0 Å². The highest BCUT2D eigenvalue weighted by molar-refractivity contribution is 6.30. The molecule has 2 fully saturated rings. The van der Waals surface area contributed by atoms with Gasteiger partial charge in [-0.25, -0.2) is 4.79 Å². The van der Waals surface area contributed by atoms with Crippen LogP contribution in [0.15, 0.2) is 9.59 Å². The number of hydrogen-bond donors (Lipinski definition) is 1. The second-order valence-electron chi connectivity index (χ2n) is 6.74. The normalized spacial score (nSPS) is 27.1. The second kappa shape index (κ2) is 5.99. The Kier molecular flexibility index (Phi) is 4.25. The highest BCUT2D eigenvalue weighted by Gasteiger charge is 2.28. The van der Waals surface area contributed by atoms with Crippen LogP contribution in [0.1, 0.15) is 75.8 Å². The van der Waals surface area contributed by atoms with Gasteiger partial charge in [0, 0.05) is 6.04 Å². The molecule has 0 radical (unpaired) electrons. The van der Waals surface area contributed by atoms with E-state index in [0.717, 1.165) is 44.9 Å². The van der Waals surface area contributed by atoms with Crippen LogP contribution in [0.2, 0.25) is 5.15 Å². The molecule has 2 aliphatic rings. The fraction of sp³-hybridized carbons (Fsp3) is 0.750. The highest BCUT2D eigenvalue weighted by Crippen LogP contribution is 2.35. The first-order valence-corrected chi connectivity index (χ1v) is 8.50. The molecular weight excluding hydrogens is 288 g/mol. The number of hydrogen-bond acceptors (Lipinski definition) is 2. The van der Waals surface area contributed by atoms with Crippen molar-refractivity contribution in [3.63, 3.8) is 0 Å². The summed E-state index contributed by atoms with van der Waals surface area (Å²) in [5.41, 5.74) is 0.160. The van der Waals surface area contributed by atoms with Gasteiger partial charge in [-0.05, 0) is 37.5 Å². The Bertz CT molecular complexity index is 628. The van der Waals surface area contributed by atoms with Crippen molar-refractivity contribution in [2.45, 2.75) is 70.3 Å². The van der Waals surface area contributed by atoms with Crippen LogP contribution < -0.4 is 11.2 Å². The smallest absolute Gasteiger partial charge is 0.297 e. The van der Waals surface area contributed by atoms with Gasteiger partial charge in [-0.15, -0.1) is 0 Å². The summed E-state index contributed by atoms with van der Waals surface area (Å²) in [6.07, 6.45) is 8.38. The first-order chi connectivity index (χ1) is 10.1. The summed E-state index contributed by atoms with van der Waals surface area (Å²) in [7, 11) is 0. The topological polar surface area (TPSA) is 54.9 Å². The molecular formula is C16H23ClN2O2. The van der Waals surface area contributed by atoms with Crippen LogP contribution in [-0.2, 0) is 0 Å². The van der Waals surface area contributed by atoms with Crippen LogP contribution in [-0.4, -0.2) is 9.55 Å². The van der Waals surface area contributed by atoms with Crippen molar-refractivity contribution < 1.29 is 0 Å². The van der Waals surface area contributed by atoms with Crippen LogP contribution in [0.4, 0.5) is 0 Å². The predicted octanol–water partition coefficient (Wildman–Crippen LogP) is 3.60. The van der Waals surface area contributed by atoms with Gasteiger partial charge in [0.1, 0.15) is 5.15 Å². The fourth-order valence-electron chi connectivity index (χ4n) is 4.07. The molecule has 0 bridgehead atoms. The van der Waals surface area contributed by atoms with Gasteiger partial charge in [-0.1, -0.05) is 44.2 Å². The van der Waals surface area contributed by atoms with Crippen molar-refractivity contribution in [2.24, 2.45) is 5.92 Å². The molecule has 5 heteroatoms. The Labute approximate surface area is 129 Å². The van der Waals surface area contributed by atoms with Crippen molar-refractivity contribution >= 4 is 11.6 Å². The Morgan fingerprint density at radius 2 is 1.81 bits per heavy atom. The first-order valence-electron chi connectivity index (χ1n) is 8.12. The van der Waals surface area contributed by atoms with Gasteiger partial charge in [-0.2, -0.15) is 0 Å². The molecule has 0 amide bonds. The molecule has 4 nitrogen and oxygen atoms in total. The lowest BCUT2D eigenvalue weighted by Crippen LogP contribution is -2.41. The van der Waals surface area contributed by atoms with E-state index in [9.17, 15) is 9.59 Å². The summed E-state index contributed by atoms with van der Waals surface area (Å²) in [6, 6.07) is 0.0300. The molecule has 2 aliphatic carbocycles. The van der Waals surface area contributed by atoms with E-state index in [4.69, 9.17) is 11.6 Å². The molecule has 0 spiro atoms. The van der Waals surface area contributed by atoms with E-state index in [2.05, 4.69) is 11.9 Å². The lowest BCUT2D eigenvalue weighted by atomic mass is 9.87. The van der Waals surface area contributed by atoms with Gasteiger partial charge in [0.05, 0.1) is 5.56 Å². The third-order valence-electron chi connectivity index (χ3n) is 5.16. The standard InChI is InChI=1S/C16H23ClN2O2/c1-10-5-4-8-12(9-10)19-15(20)13(11-6-2-3-7-11)14(17)18-16(19)21/h10-12H,2-9H2,1H3,(H,18,21). The molecule has 1 aromatic rings. The van der Waals surface area contributed by atoms with E-state index in [0.29, 0.717) is 11.5 Å². The summed E-state index contributed by atoms with van der Waals surface area (Å²) >= 11 is 6.19. The highest BCUT2D eigenvalue weighted by atomic mass is 35.5. The zero-order valence-electron chi connectivity index (χ0n) is 12.5. The minimum atomic E-state index is -0.342. The average molecular weight is 311 g/mol. The predicted molar refractivity (Wildman–Crippen MR) is 84.2 cm³/mol. The zero-order valence-corrected chi connectivity index (χ0v) is 13.3.